The van der Waals surface area contributed by atoms with Gasteiger partial charge in [0.25, 0.3) is 0 Å². The second-order valence-corrected chi connectivity index (χ2v) is 8.85. The van der Waals surface area contributed by atoms with Gasteiger partial charge in [-0.1, -0.05) is 0 Å². The SMILES string of the molecule is CS(=O)(=O)NCC1CCCN1C(CF)C[C@H](N)Cc1cc(F)c(F)cc1F. The van der Waals surface area contributed by atoms with E-state index in [1.165, 1.54) is 0 Å². The Hall–Kier alpha value is -1.23. The fourth-order valence-electron chi connectivity index (χ4n) is 3.53. The second-order valence-electron chi connectivity index (χ2n) is 7.02. The summed E-state index contributed by atoms with van der Waals surface area (Å²) in [5, 5.41) is 0. The molecule has 10 heteroatoms. The predicted octanol–water partition coefficient (Wildman–Crippen LogP) is 1.72. The van der Waals surface area contributed by atoms with Gasteiger partial charge in [0.1, 0.15) is 12.5 Å². The third-order valence-corrected chi connectivity index (χ3v) is 5.49. The molecule has 1 fully saturated rings. The van der Waals surface area contributed by atoms with Crippen molar-refractivity contribution in [3.05, 3.63) is 35.1 Å². The van der Waals surface area contributed by atoms with Crippen LogP contribution in [0.3, 0.4) is 0 Å². The largest absolute Gasteiger partial charge is 0.327 e. The van der Waals surface area contributed by atoms with E-state index in [-0.39, 0.29) is 31.0 Å². The summed E-state index contributed by atoms with van der Waals surface area (Å²) in [6.45, 7) is 0.0999. The molecule has 0 aromatic heterocycles. The number of hydrogen-bond acceptors (Lipinski definition) is 4. The Balaban J connectivity index is 1.99. The van der Waals surface area contributed by atoms with Gasteiger partial charge in [-0.2, -0.15) is 0 Å². The Morgan fingerprint density at radius 3 is 2.56 bits per heavy atom. The van der Waals surface area contributed by atoms with Crippen molar-refractivity contribution in [3.63, 3.8) is 0 Å². The van der Waals surface area contributed by atoms with Crippen LogP contribution in [-0.2, 0) is 16.4 Å². The van der Waals surface area contributed by atoms with E-state index in [2.05, 4.69) is 4.72 Å². The Bertz CT molecular complexity index is 748. The van der Waals surface area contributed by atoms with Gasteiger partial charge < -0.3 is 5.73 Å². The van der Waals surface area contributed by atoms with Crippen molar-refractivity contribution in [3.8, 4) is 0 Å². The van der Waals surface area contributed by atoms with Crippen molar-refractivity contribution in [2.24, 2.45) is 5.73 Å². The number of alkyl halides is 1. The summed E-state index contributed by atoms with van der Waals surface area (Å²) in [6, 6.07) is -0.120. The molecule has 1 aliphatic heterocycles. The minimum absolute atomic E-state index is 0.0559. The molecule has 27 heavy (non-hydrogen) atoms. The number of likely N-dealkylation sites (tertiary alicyclic amines) is 1. The number of benzene rings is 1. The lowest BCUT2D eigenvalue weighted by Crippen LogP contribution is -2.48. The number of hydrogen-bond donors (Lipinski definition) is 2. The average Bonchev–Trinajstić information content (AvgIpc) is 3.03. The van der Waals surface area contributed by atoms with Gasteiger partial charge >= 0.3 is 0 Å². The van der Waals surface area contributed by atoms with Crippen LogP contribution < -0.4 is 10.5 Å². The summed E-state index contributed by atoms with van der Waals surface area (Å²) < 4.78 is 78.7. The predicted molar refractivity (Wildman–Crippen MR) is 94.9 cm³/mol. The molecule has 0 saturated carbocycles. The van der Waals surface area contributed by atoms with Crippen molar-refractivity contribution >= 4 is 10.0 Å². The highest BCUT2D eigenvalue weighted by Crippen LogP contribution is 2.24. The maximum Gasteiger partial charge on any atom is 0.208 e. The van der Waals surface area contributed by atoms with E-state index in [1.807, 2.05) is 4.90 Å². The summed E-state index contributed by atoms with van der Waals surface area (Å²) in [6.07, 6.45) is 2.72. The van der Waals surface area contributed by atoms with Crippen LogP contribution in [0, 0.1) is 17.5 Å². The Kier molecular flexibility index (Phi) is 7.61. The molecule has 1 aliphatic rings. The van der Waals surface area contributed by atoms with Gasteiger partial charge in [-0.25, -0.2) is 30.7 Å². The first kappa shape index (κ1) is 22.1. The quantitative estimate of drug-likeness (QED) is 0.479. The smallest absolute Gasteiger partial charge is 0.208 e. The normalized spacial score (nSPS) is 20.7. The highest BCUT2D eigenvalue weighted by molar-refractivity contribution is 7.88. The highest BCUT2D eigenvalue weighted by Gasteiger charge is 2.32. The van der Waals surface area contributed by atoms with Crippen LogP contribution in [0.1, 0.15) is 24.8 Å². The topological polar surface area (TPSA) is 75.4 Å². The van der Waals surface area contributed by atoms with E-state index < -0.39 is 46.2 Å². The zero-order chi connectivity index (χ0) is 20.2. The van der Waals surface area contributed by atoms with Crippen LogP contribution in [0.15, 0.2) is 12.1 Å². The van der Waals surface area contributed by atoms with Gasteiger partial charge in [0.15, 0.2) is 11.6 Å². The summed E-state index contributed by atoms with van der Waals surface area (Å²) in [5.41, 5.74) is 5.95. The van der Waals surface area contributed by atoms with Crippen molar-refractivity contribution in [2.45, 2.75) is 43.8 Å². The van der Waals surface area contributed by atoms with Gasteiger partial charge in [0.05, 0.1) is 6.26 Å². The maximum absolute atomic E-state index is 13.8. The van der Waals surface area contributed by atoms with Crippen LogP contribution in [0.25, 0.3) is 0 Å². The fourth-order valence-corrected chi connectivity index (χ4v) is 4.02. The lowest BCUT2D eigenvalue weighted by molar-refractivity contribution is 0.137. The molecule has 154 valence electrons. The lowest BCUT2D eigenvalue weighted by Gasteiger charge is -2.33. The second kappa shape index (κ2) is 9.31. The fraction of sp³-hybridized carbons (Fsp3) is 0.647. The molecule has 0 spiro atoms. The third-order valence-electron chi connectivity index (χ3n) is 4.80. The number of nitrogens with zero attached hydrogens (tertiary/aromatic N) is 1. The zero-order valence-electron chi connectivity index (χ0n) is 15.1. The average molecular weight is 411 g/mol. The van der Waals surface area contributed by atoms with E-state index in [0.29, 0.717) is 12.6 Å². The molecule has 2 rings (SSSR count). The van der Waals surface area contributed by atoms with Crippen molar-refractivity contribution in [1.29, 1.82) is 0 Å². The zero-order valence-corrected chi connectivity index (χ0v) is 15.9. The molecule has 3 atom stereocenters. The van der Waals surface area contributed by atoms with E-state index in [9.17, 15) is 26.0 Å². The number of nitrogens with one attached hydrogen (secondary N) is 1. The Labute approximate surface area is 157 Å². The van der Waals surface area contributed by atoms with Crippen LogP contribution >= 0.6 is 0 Å². The molecule has 1 aromatic rings. The van der Waals surface area contributed by atoms with Crippen molar-refractivity contribution in [1.82, 2.24) is 9.62 Å². The van der Waals surface area contributed by atoms with Crippen LogP contribution in [0.5, 0.6) is 0 Å². The molecule has 3 N–H and O–H groups in total. The van der Waals surface area contributed by atoms with Gasteiger partial charge in [0.2, 0.25) is 10.0 Å². The first-order chi connectivity index (χ1) is 12.6. The first-order valence-electron chi connectivity index (χ1n) is 8.76. The number of nitrogens with two attached hydrogens (primary N) is 1. The van der Waals surface area contributed by atoms with Crippen LogP contribution in [-0.4, -0.2) is 57.5 Å². The molecule has 1 heterocycles. The minimum Gasteiger partial charge on any atom is -0.327 e. The molecular formula is C17H25F4N3O2S. The molecule has 0 amide bonds. The molecule has 5 nitrogen and oxygen atoms in total. The van der Waals surface area contributed by atoms with E-state index >= 15 is 0 Å². The maximum atomic E-state index is 13.8. The number of halogens is 4. The molecule has 1 saturated heterocycles. The number of rotatable bonds is 9. The molecule has 0 aliphatic carbocycles. The monoisotopic (exact) mass is 411 g/mol. The van der Waals surface area contributed by atoms with E-state index in [1.54, 1.807) is 0 Å². The summed E-state index contributed by atoms with van der Waals surface area (Å²) in [7, 11) is -3.35. The van der Waals surface area contributed by atoms with Crippen molar-refractivity contribution < 1.29 is 26.0 Å². The molecule has 2 unspecified atom stereocenters. The summed E-state index contributed by atoms with van der Waals surface area (Å²) in [4.78, 5) is 1.87. The molecule has 0 bridgehead atoms. The molecule has 1 aromatic carbocycles. The standard InChI is InChI=1S/C17H25F4N3O2S/c1-27(25,26)23-10-13-3-2-4-24(13)14(9-18)7-12(22)5-11-6-16(20)17(21)8-15(11)19/h6,8,12-14,23H,2-5,7,9-10,22H2,1H3/t12-,13?,14?/m1/s1. The van der Waals surface area contributed by atoms with Crippen LogP contribution in [0.2, 0.25) is 0 Å². The summed E-state index contributed by atoms with van der Waals surface area (Å²) >= 11 is 0. The minimum atomic E-state index is -3.35. The van der Waals surface area contributed by atoms with E-state index in [0.717, 1.165) is 25.2 Å². The van der Waals surface area contributed by atoms with Gasteiger partial charge in [0, 0.05) is 30.7 Å². The van der Waals surface area contributed by atoms with E-state index in [4.69, 9.17) is 5.73 Å². The van der Waals surface area contributed by atoms with Crippen molar-refractivity contribution in [2.75, 3.05) is 26.0 Å². The highest BCUT2D eigenvalue weighted by atomic mass is 32.2. The van der Waals surface area contributed by atoms with Gasteiger partial charge in [-0.3, -0.25) is 4.90 Å². The Morgan fingerprint density at radius 1 is 1.26 bits per heavy atom. The summed E-state index contributed by atoms with van der Waals surface area (Å²) in [5.74, 6) is -3.32. The van der Waals surface area contributed by atoms with Gasteiger partial charge in [-0.05, 0) is 43.9 Å². The Morgan fingerprint density at radius 2 is 1.93 bits per heavy atom. The first-order valence-corrected chi connectivity index (χ1v) is 10.6. The van der Waals surface area contributed by atoms with Crippen LogP contribution in [0.4, 0.5) is 17.6 Å². The van der Waals surface area contributed by atoms with Gasteiger partial charge in [-0.15, -0.1) is 0 Å². The lowest BCUT2D eigenvalue weighted by atomic mass is 9.98. The number of sulfonamides is 1. The molecular weight excluding hydrogens is 386 g/mol. The molecule has 0 radical (unpaired) electrons. The third kappa shape index (κ3) is 6.41.